The van der Waals surface area contributed by atoms with E-state index >= 15 is 0 Å². The number of alkyl halides is 1. The molecule has 2 heterocycles. The van der Waals surface area contributed by atoms with Gasteiger partial charge in [-0.1, -0.05) is 18.2 Å². The van der Waals surface area contributed by atoms with Gasteiger partial charge in [-0.3, -0.25) is 0 Å². The third-order valence-corrected chi connectivity index (χ3v) is 2.70. The molecule has 1 atom stereocenters. The molecule has 1 aliphatic rings. The van der Waals surface area contributed by atoms with Gasteiger partial charge in [0.25, 0.3) is 0 Å². The monoisotopic (exact) mass is 226 g/mol. The summed E-state index contributed by atoms with van der Waals surface area (Å²) < 4.78 is 1.93. The highest BCUT2D eigenvalue weighted by molar-refractivity contribution is 6.22. The van der Waals surface area contributed by atoms with Crippen LogP contribution in [0.1, 0.15) is 19.0 Å². The molecule has 0 aliphatic carbocycles. The maximum absolute atomic E-state index is 6.07. The molecule has 0 saturated carbocycles. The van der Waals surface area contributed by atoms with E-state index in [1.165, 1.54) is 5.57 Å². The molecule has 1 aromatic heterocycles. The molecule has 0 spiro atoms. The largest absolute Gasteiger partial charge is 0.311 e. The fourth-order valence-electron chi connectivity index (χ4n) is 1.74. The molecular formula is C10H15ClN4. The summed E-state index contributed by atoms with van der Waals surface area (Å²) in [6, 6.07) is 0. The molecule has 0 bridgehead atoms. The van der Waals surface area contributed by atoms with Gasteiger partial charge in [0.15, 0.2) is 0 Å². The molecule has 82 valence electrons. The van der Waals surface area contributed by atoms with E-state index in [-0.39, 0.29) is 5.38 Å². The lowest BCUT2D eigenvalue weighted by atomic mass is 10.1. The summed E-state index contributed by atoms with van der Waals surface area (Å²) in [6.45, 7) is 4.71. The second-order valence-electron chi connectivity index (χ2n) is 3.68. The predicted molar refractivity (Wildman–Crippen MR) is 60.8 cm³/mol. The first-order valence-corrected chi connectivity index (χ1v) is 5.69. The Balaban J connectivity index is 2.24. The molecular weight excluding hydrogens is 212 g/mol. The fraction of sp³-hybridized carbons (Fsp3) is 0.600. The summed E-state index contributed by atoms with van der Waals surface area (Å²) in [7, 11) is 0. The molecule has 1 aliphatic heterocycles. The third kappa shape index (κ3) is 2.38. The Bertz CT molecular complexity index is 358. The minimum atomic E-state index is 0.0683. The van der Waals surface area contributed by atoms with Crippen molar-refractivity contribution in [3.8, 4) is 0 Å². The molecule has 0 fully saturated rings. The molecule has 0 saturated heterocycles. The van der Waals surface area contributed by atoms with Crippen LogP contribution in [0.15, 0.2) is 12.3 Å². The number of nitrogens with one attached hydrogen (secondary N) is 1. The summed E-state index contributed by atoms with van der Waals surface area (Å²) in [6.07, 6.45) is 4.95. The van der Waals surface area contributed by atoms with Crippen LogP contribution in [-0.2, 0) is 6.54 Å². The summed E-state index contributed by atoms with van der Waals surface area (Å²) in [5.74, 6) is 0. The van der Waals surface area contributed by atoms with Gasteiger partial charge >= 0.3 is 0 Å². The van der Waals surface area contributed by atoms with Crippen LogP contribution in [0.25, 0.3) is 5.57 Å². The van der Waals surface area contributed by atoms with Gasteiger partial charge in [-0.05, 0) is 12.0 Å². The number of aryl methyl sites for hydroxylation is 1. The van der Waals surface area contributed by atoms with Gasteiger partial charge in [0, 0.05) is 19.6 Å². The van der Waals surface area contributed by atoms with E-state index in [1.54, 1.807) is 6.20 Å². The Morgan fingerprint density at radius 1 is 1.67 bits per heavy atom. The van der Waals surface area contributed by atoms with E-state index in [0.717, 1.165) is 31.7 Å². The van der Waals surface area contributed by atoms with Gasteiger partial charge in [-0.15, -0.1) is 16.7 Å². The van der Waals surface area contributed by atoms with Gasteiger partial charge in [0.2, 0.25) is 0 Å². The van der Waals surface area contributed by atoms with Crippen LogP contribution in [0, 0.1) is 0 Å². The Morgan fingerprint density at radius 2 is 2.53 bits per heavy atom. The van der Waals surface area contributed by atoms with Crippen molar-refractivity contribution in [1.29, 1.82) is 0 Å². The normalized spacial score (nSPS) is 21.5. The zero-order chi connectivity index (χ0) is 10.7. The van der Waals surface area contributed by atoms with Gasteiger partial charge in [0.1, 0.15) is 0 Å². The molecule has 0 radical (unpaired) electrons. The Labute approximate surface area is 94.3 Å². The SMILES string of the molecule is CCCn1nncc1C1=CC(Cl)CNC1. The number of halogens is 1. The smallest absolute Gasteiger partial charge is 0.0855 e. The first-order chi connectivity index (χ1) is 7.31. The second kappa shape index (κ2) is 4.77. The molecule has 0 aromatic carbocycles. The highest BCUT2D eigenvalue weighted by Gasteiger charge is 2.15. The quantitative estimate of drug-likeness (QED) is 0.790. The lowest BCUT2D eigenvalue weighted by molar-refractivity contribution is 0.570. The van der Waals surface area contributed by atoms with Crippen molar-refractivity contribution in [1.82, 2.24) is 20.3 Å². The Hall–Kier alpha value is -0.870. The number of aromatic nitrogens is 3. The van der Waals surface area contributed by atoms with Crippen molar-refractivity contribution < 1.29 is 0 Å². The van der Waals surface area contributed by atoms with E-state index in [2.05, 4.69) is 28.6 Å². The van der Waals surface area contributed by atoms with Gasteiger partial charge in [-0.25, -0.2) is 4.68 Å². The molecule has 1 N–H and O–H groups in total. The van der Waals surface area contributed by atoms with E-state index in [0.29, 0.717) is 0 Å². The molecule has 0 amide bonds. The van der Waals surface area contributed by atoms with E-state index < -0.39 is 0 Å². The fourth-order valence-corrected chi connectivity index (χ4v) is 2.00. The molecule has 1 aromatic rings. The Morgan fingerprint density at radius 3 is 3.27 bits per heavy atom. The van der Waals surface area contributed by atoms with Crippen LogP contribution in [0.4, 0.5) is 0 Å². The summed E-state index contributed by atoms with van der Waals surface area (Å²) in [4.78, 5) is 0. The van der Waals surface area contributed by atoms with Crippen molar-refractivity contribution in [2.24, 2.45) is 0 Å². The Kier molecular flexibility index (Phi) is 3.38. The standard InChI is InChI=1S/C10H15ClN4/c1-2-3-15-10(7-13-14-15)8-4-9(11)6-12-5-8/h4,7,9,12H,2-3,5-6H2,1H3. The van der Waals surface area contributed by atoms with Crippen molar-refractivity contribution in [3.63, 3.8) is 0 Å². The van der Waals surface area contributed by atoms with Crippen LogP contribution in [0.3, 0.4) is 0 Å². The first-order valence-electron chi connectivity index (χ1n) is 5.25. The molecule has 2 rings (SSSR count). The lowest BCUT2D eigenvalue weighted by Crippen LogP contribution is -2.29. The van der Waals surface area contributed by atoms with Crippen molar-refractivity contribution in [2.75, 3.05) is 13.1 Å². The number of nitrogens with zero attached hydrogens (tertiary/aromatic N) is 3. The highest BCUT2D eigenvalue weighted by Crippen LogP contribution is 2.17. The molecule has 15 heavy (non-hydrogen) atoms. The lowest BCUT2D eigenvalue weighted by Gasteiger charge is -2.18. The number of rotatable bonds is 3. The van der Waals surface area contributed by atoms with Gasteiger partial charge in [-0.2, -0.15) is 0 Å². The average Bonchev–Trinajstić information content (AvgIpc) is 2.66. The maximum atomic E-state index is 6.07. The number of hydrogen-bond donors (Lipinski definition) is 1. The summed E-state index contributed by atoms with van der Waals surface area (Å²) in [5, 5.41) is 11.3. The van der Waals surface area contributed by atoms with E-state index in [1.807, 2.05) is 4.68 Å². The van der Waals surface area contributed by atoms with Gasteiger partial charge in [0.05, 0.1) is 17.3 Å². The zero-order valence-corrected chi connectivity index (χ0v) is 9.54. The average molecular weight is 227 g/mol. The molecule has 1 unspecified atom stereocenters. The topological polar surface area (TPSA) is 42.7 Å². The molecule has 5 heteroatoms. The van der Waals surface area contributed by atoms with Crippen molar-refractivity contribution >= 4 is 17.2 Å². The van der Waals surface area contributed by atoms with Crippen LogP contribution >= 0.6 is 11.6 Å². The maximum Gasteiger partial charge on any atom is 0.0855 e. The van der Waals surface area contributed by atoms with E-state index in [4.69, 9.17) is 11.6 Å². The van der Waals surface area contributed by atoms with E-state index in [9.17, 15) is 0 Å². The third-order valence-electron chi connectivity index (χ3n) is 2.42. The van der Waals surface area contributed by atoms with Crippen molar-refractivity contribution in [3.05, 3.63) is 18.0 Å². The molecule has 4 nitrogen and oxygen atoms in total. The summed E-state index contributed by atoms with van der Waals surface area (Å²) >= 11 is 6.07. The summed E-state index contributed by atoms with van der Waals surface area (Å²) in [5.41, 5.74) is 2.27. The predicted octanol–water partition coefficient (Wildman–Crippen LogP) is 1.28. The first kappa shape index (κ1) is 10.6. The minimum Gasteiger partial charge on any atom is -0.311 e. The van der Waals surface area contributed by atoms with Crippen LogP contribution < -0.4 is 5.32 Å². The second-order valence-corrected chi connectivity index (χ2v) is 4.24. The van der Waals surface area contributed by atoms with Crippen molar-refractivity contribution in [2.45, 2.75) is 25.3 Å². The van der Waals surface area contributed by atoms with Crippen LogP contribution in [0.2, 0.25) is 0 Å². The van der Waals surface area contributed by atoms with Gasteiger partial charge < -0.3 is 5.32 Å². The number of hydrogen-bond acceptors (Lipinski definition) is 3. The minimum absolute atomic E-state index is 0.0683. The van der Waals surface area contributed by atoms with Crippen LogP contribution in [-0.4, -0.2) is 33.5 Å². The van der Waals surface area contributed by atoms with Crippen LogP contribution in [0.5, 0.6) is 0 Å². The zero-order valence-electron chi connectivity index (χ0n) is 8.78. The highest BCUT2D eigenvalue weighted by atomic mass is 35.5.